The van der Waals surface area contributed by atoms with Gasteiger partial charge in [-0.25, -0.2) is 0 Å². The average Bonchev–Trinajstić information content (AvgIpc) is 2.67. The first kappa shape index (κ1) is 19.3. The van der Waals surface area contributed by atoms with Gasteiger partial charge in [-0.3, -0.25) is 4.79 Å². The minimum Gasteiger partial charge on any atom is -0.670 e. The van der Waals surface area contributed by atoms with Crippen LogP contribution in [0.2, 0.25) is 0 Å². The van der Waals surface area contributed by atoms with Gasteiger partial charge in [0.2, 0.25) is 5.91 Å². The van der Waals surface area contributed by atoms with Gasteiger partial charge in [0.05, 0.1) is 5.56 Å². The van der Waals surface area contributed by atoms with Crippen LogP contribution in [0.1, 0.15) is 49.3 Å². The number of benzene rings is 2. The summed E-state index contributed by atoms with van der Waals surface area (Å²) in [5, 5.41) is 7.38. The van der Waals surface area contributed by atoms with Crippen LogP contribution in [-0.4, -0.2) is 11.9 Å². The monoisotopic (exact) mass is 375 g/mol. The summed E-state index contributed by atoms with van der Waals surface area (Å²) in [4.78, 5) is 12.9. The van der Waals surface area contributed by atoms with E-state index in [0.717, 1.165) is 37.8 Å². The third-order valence-electron chi connectivity index (χ3n) is 4.77. The fourth-order valence-electron chi connectivity index (χ4n) is 3.36. The van der Waals surface area contributed by atoms with E-state index in [4.69, 9.17) is 0 Å². The number of alkyl halides is 3. The topological polar surface area (TPSA) is 43.2 Å². The Morgan fingerprint density at radius 2 is 1.70 bits per heavy atom. The molecule has 1 aliphatic carbocycles. The molecular formula is C21H22F3N2O-. The molecule has 1 aliphatic rings. The van der Waals surface area contributed by atoms with Gasteiger partial charge >= 0.3 is 6.18 Å². The predicted octanol–water partition coefficient (Wildman–Crippen LogP) is 5.90. The van der Waals surface area contributed by atoms with E-state index in [-0.39, 0.29) is 17.6 Å². The van der Waals surface area contributed by atoms with Crippen LogP contribution in [0, 0.1) is 0 Å². The molecule has 0 spiro atoms. The molecule has 3 rings (SSSR count). The van der Waals surface area contributed by atoms with Gasteiger partial charge in [-0.15, -0.1) is 5.69 Å². The Hall–Kier alpha value is -2.50. The quantitative estimate of drug-likeness (QED) is 0.694. The number of nitrogens with zero attached hydrogens (tertiary/aromatic N) is 1. The third-order valence-corrected chi connectivity index (χ3v) is 4.77. The summed E-state index contributed by atoms with van der Waals surface area (Å²) in [6, 6.07) is 12.9. The van der Waals surface area contributed by atoms with Crippen molar-refractivity contribution in [1.82, 2.24) is 5.32 Å². The maximum Gasteiger partial charge on any atom is 0.416 e. The van der Waals surface area contributed by atoms with E-state index in [1.54, 1.807) is 24.3 Å². The van der Waals surface area contributed by atoms with E-state index in [1.165, 1.54) is 18.6 Å². The highest BCUT2D eigenvalue weighted by atomic mass is 19.4. The van der Waals surface area contributed by atoms with Crippen molar-refractivity contribution < 1.29 is 18.0 Å². The van der Waals surface area contributed by atoms with Crippen LogP contribution in [0.15, 0.2) is 54.6 Å². The molecule has 0 saturated heterocycles. The van der Waals surface area contributed by atoms with Gasteiger partial charge in [0.25, 0.3) is 0 Å². The zero-order valence-corrected chi connectivity index (χ0v) is 14.9. The highest BCUT2D eigenvalue weighted by molar-refractivity contribution is 5.87. The molecule has 2 aromatic rings. The number of rotatable bonds is 5. The number of nitrogens with one attached hydrogen (secondary N) is 1. The Bertz CT molecular complexity index is 756. The molecule has 1 unspecified atom stereocenters. The summed E-state index contributed by atoms with van der Waals surface area (Å²) in [6.45, 7) is 0. The lowest BCUT2D eigenvalue weighted by molar-refractivity contribution is -0.137. The van der Waals surface area contributed by atoms with Crippen molar-refractivity contribution in [2.45, 2.75) is 50.4 Å². The van der Waals surface area contributed by atoms with Gasteiger partial charge in [0, 0.05) is 6.04 Å². The number of amides is 1. The maximum atomic E-state index is 13.0. The van der Waals surface area contributed by atoms with Gasteiger partial charge in [0.1, 0.15) is 0 Å². The first-order valence-electron chi connectivity index (χ1n) is 9.17. The average molecular weight is 375 g/mol. The Labute approximate surface area is 157 Å². The second-order valence-corrected chi connectivity index (χ2v) is 6.83. The van der Waals surface area contributed by atoms with Crippen LogP contribution in [0.4, 0.5) is 18.9 Å². The number of carbonyl (C=O) groups excluding carboxylic acids is 1. The Balaban J connectivity index is 1.81. The van der Waals surface area contributed by atoms with E-state index in [9.17, 15) is 18.0 Å². The van der Waals surface area contributed by atoms with Gasteiger partial charge in [-0.1, -0.05) is 79.4 Å². The van der Waals surface area contributed by atoms with Crippen molar-refractivity contribution in [1.29, 1.82) is 0 Å². The van der Waals surface area contributed by atoms with Crippen molar-refractivity contribution in [2.24, 2.45) is 0 Å². The van der Waals surface area contributed by atoms with Crippen molar-refractivity contribution in [3.05, 3.63) is 71.0 Å². The summed E-state index contributed by atoms with van der Waals surface area (Å²) < 4.78 is 38.9. The lowest BCUT2D eigenvalue weighted by atomic mass is 9.95. The van der Waals surface area contributed by atoms with Crippen LogP contribution >= 0.6 is 0 Å². The molecule has 0 aliphatic heterocycles. The van der Waals surface area contributed by atoms with E-state index < -0.39 is 17.8 Å². The van der Waals surface area contributed by atoms with Crippen LogP contribution in [-0.2, 0) is 11.0 Å². The number of carbonyl (C=O) groups is 1. The molecule has 0 radical (unpaired) electrons. The zero-order chi connectivity index (χ0) is 19.3. The number of halogens is 3. The summed E-state index contributed by atoms with van der Waals surface area (Å²) in [6.07, 6.45) is 0.728. The van der Waals surface area contributed by atoms with Crippen molar-refractivity contribution in [2.75, 3.05) is 0 Å². The molecule has 0 heterocycles. The van der Waals surface area contributed by atoms with Gasteiger partial charge in [0.15, 0.2) is 0 Å². The molecule has 1 saturated carbocycles. The molecule has 144 valence electrons. The van der Waals surface area contributed by atoms with Crippen molar-refractivity contribution in [3.63, 3.8) is 0 Å². The molecule has 1 N–H and O–H groups in total. The van der Waals surface area contributed by atoms with E-state index >= 15 is 0 Å². The molecule has 1 atom stereocenters. The van der Waals surface area contributed by atoms with Gasteiger partial charge in [-0.2, -0.15) is 13.2 Å². The summed E-state index contributed by atoms with van der Waals surface area (Å²) >= 11 is 0. The Kier molecular flexibility index (Phi) is 6.04. The van der Waals surface area contributed by atoms with Crippen LogP contribution < -0.4 is 5.32 Å². The first-order valence-corrected chi connectivity index (χ1v) is 9.17. The maximum absolute atomic E-state index is 13.0. The molecule has 0 aromatic heterocycles. The second kappa shape index (κ2) is 8.46. The number of hydrogen-bond acceptors (Lipinski definition) is 1. The van der Waals surface area contributed by atoms with Gasteiger partial charge < -0.3 is 10.6 Å². The van der Waals surface area contributed by atoms with E-state index in [1.807, 2.05) is 6.07 Å². The smallest absolute Gasteiger partial charge is 0.416 e. The minimum absolute atomic E-state index is 0.106. The fourth-order valence-corrected chi connectivity index (χ4v) is 3.36. The highest BCUT2D eigenvalue weighted by Gasteiger charge is 2.30. The zero-order valence-electron chi connectivity index (χ0n) is 14.9. The molecule has 2 aromatic carbocycles. The summed E-state index contributed by atoms with van der Waals surface area (Å²) in [5.41, 5.74) is 0.0175. The second-order valence-electron chi connectivity index (χ2n) is 6.83. The van der Waals surface area contributed by atoms with Gasteiger partial charge in [-0.05, 0) is 18.9 Å². The lowest BCUT2D eigenvalue weighted by Crippen LogP contribution is -2.38. The number of hydrogen-bond donors (Lipinski definition) is 1. The molecular weight excluding hydrogens is 353 g/mol. The van der Waals surface area contributed by atoms with Crippen molar-refractivity contribution in [3.8, 4) is 0 Å². The fraction of sp³-hybridized carbons (Fsp3) is 0.381. The summed E-state index contributed by atoms with van der Waals surface area (Å²) in [5.74, 6) is -0.273. The standard InChI is InChI=1S/C21H22F3N2O/c22-21(23,24)16-10-7-13-18(14-16)25-19(15-8-3-1-4-9-15)20(27)26-17-11-5-2-6-12-17/h1,3-4,7-10,13-14,17,19H,2,5-6,11-12H2,(H,26,27)/q-1. The molecule has 6 heteroatoms. The van der Waals surface area contributed by atoms with Crippen LogP contribution in [0.25, 0.3) is 5.32 Å². The minimum atomic E-state index is -4.45. The largest absolute Gasteiger partial charge is 0.670 e. The SMILES string of the molecule is O=C(NC1CCCCC1)C([N-]c1cccc(C(F)(F)F)c1)c1ccccc1. The van der Waals surface area contributed by atoms with Crippen LogP contribution in [0.5, 0.6) is 0 Å². The summed E-state index contributed by atoms with van der Waals surface area (Å²) in [7, 11) is 0. The molecule has 1 fully saturated rings. The first-order chi connectivity index (χ1) is 12.9. The van der Waals surface area contributed by atoms with E-state index in [2.05, 4.69) is 10.6 Å². The molecule has 0 bridgehead atoms. The predicted molar refractivity (Wildman–Crippen MR) is 98.7 cm³/mol. The Morgan fingerprint density at radius 1 is 1.00 bits per heavy atom. The van der Waals surface area contributed by atoms with Crippen molar-refractivity contribution >= 4 is 11.6 Å². The molecule has 27 heavy (non-hydrogen) atoms. The highest BCUT2D eigenvalue weighted by Crippen LogP contribution is 2.36. The normalized spacial score (nSPS) is 16.6. The third kappa shape index (κ3) is 5.25. The molecule has 1 amide bonds. The lowest BCUT2D eigenvalue weighted by Gasteiger charge is -2.35. The Morgan fingerprint density at radius 3 is 2.37 bits per heavy atom. The van der Waals surface area contributed by atoms with Crippen LogP contribution in [0.3, 0.4) is 0 Å². The van der Waals surface area contributed by atoms with E-state index in [0.29, 0.717) is 5.56 Å². The molecule has 3 nitrogen and oxygen atoms in total.